The molecule has 0 N–H and O–H groups in total. The van der Waals surface area contributed by atoms with Gasteiger partial charge in [0.15, 0.2) is 11.5 Å². The fourth-order valence-corrected chi connectivity index (χ4v) is 4.79. The van der Waals surface area contributed by atoms with Crippen LogP contribution in [0.15, 0.2) is 42.5 Å². The molecule has 2 atom stereocenters. The molecule has 0 saturated carbocycles. The van der Waals surface area contributed by atoms with Crippen LogP contribution in [0, 0.1) is 5.92 Å². The first kappa shape index (κ1) is 22.3. The third-order valence-corrected chi connectivity index (χ3v) is 6.35. The summed E-state index contributed by atoms with van der Waals surface area (Å²) in [5.41, 5.74) is 1.62. The average molecular weight is 446 g/mol. The Hall–Kier alpha value is -2.87. The molecule has 2 aromatic rings. The van der Waals surface area contributed by atoms with E-state index in [4.69, 9.17) is 9.47 Å². The highest BCUT2D eigenvalue weighted by atomic mass is 19.3. The number of hydrogen-bond acceptors (Lipinski definition) is 5. The lowest BCUT2D eigenvalue weighted by atomic mass is 9.91. The Morgan fingerprint density at radius 1 is 1.06 bits per heavy atom. The third-order valence-electron chi connectivity index (χ3n) is 6.35. The summed E-state index contributed by atoms with van der Waals surface area (Å²) in [7, 11) is 3.04. The first-order valence-corrected chi connectivity index (χ1v) is 10.8. The van der Waals surface area contributed by atoms with Crippen LogP contribution in [0.5, 0.6) is 17.2 Å². The Kier molecular flexibility index (Phi) is 6.79. The van der Waals surface area contributed by atoms with E-state index >= 15 is 0 Å². The summed E-state index contributed by atoms with van der Waals surface area (Å²) in [5, 5.41) is 0. The van der Waals surface area contributed by atoms with Crippen molar-refractivity contribution in [2.75, 3.05) is 33.9 Å². The summed E-state index contributed by atoms with van der Waals surface area (Å²) in [4.78, 5) is 17.4. The Morgan fingerprint density at radius 3 is 2.53 bits per heavy atom. The van der Waals surface area contributed by atoms with E-state index in [-0.39, 0.29) is 17.7 Å². The number of carbonyl (C=O) groups excluding carboxylic acids is 1. The average Bonchev–Trinajstić information content (AvgIpc) is 3.25. The van der Waals surface area contributed by atoms with Crippen molar-refractivity contribution in [3.8, 4) is 17.2 Å². The van der Waals surface area contributed by atoms with E-state index in [2.05, 4.69) is 9.64 Å². The van der Waals surface area contributed by atoms with Crippen LogP contribution in [0.3, 0.4) is 0 Å². The Morgan fingerprint density at radius 2 is 1.84 bits per heavy atom. The van der Waals surface area contributed by atoms with Gasteiger partial charge in [-0.25, -0.2) is 0 Å². The molecule has 4 rings (SSSR count). The van der Waals surface area contributed by atoms with Gasteiger partial charge in [0.2, 0.25) is 0 Å². The van der Waals surface area contributed by atoms with Gasteiger partial charge < -0.3 is 19.1 Å². The summed E-state index contributed by atoms with van der Waals surface area (Å²) in [5.74, 6) is 1.51. The van der Waals surface area contributed by atoms with E-state index in [0.29, 0.717) is 30.3 Å². The monoisotopic (exact) mass is 446 g/mol. The Labute approximate surface area is 186 Å². The molecule has 2 aliphatic heterocycles. The second-order valence-corrected chi connectivity index (χ2v) is 8.24. The number of fused-ring (bicyclic) bond motifs is 1. The van der Waals surface area contributed by atoms with Crippen molar-refractivity contribution in [1.82, 2.24) is 9.80 Å². The molecule has 2 aromatic carbocycles. The van der Waals surface area contributed by atoms with E-state index in [1.807, 2.05) is 4.90 Å². The topological polar surface area (TPSA) is 51.2 Å². The van der Waals surface area contributed by atoms with Gasteiger partial charge >= 0.3 is 6.61 Å². The molecule has 0 spiro atoms. The van der Waals surface area contributed by atoms with Crippen molar-refractivity contribution in [3.05, 3.63) is 53.6 Å². The molecular weight excluding hydrogens is 418 g/mol. The third kappa shape index (κ3) is 4.80. The molecule has 2 fully saturated rings. The maximum atomic E-state index is 13.0. The number of methoxy groups -OCH3 is 2. The van der Waals surface area contributed by atoms with E-state index in [0.717, 1.165) is 37.2 Å². The number of benzene rings is 2. The smallest absolute Gasteiger partial charge is 0.387 e. The fourth-order valence-electron chi connectivity index (χ4n) is 4.79. The number of piperidine rings is 1. The zero-order chi connectivity index (χ0) is 22.7. The van der Waals surface area contributed by atoms with E-state index < -0.39 is 6.61 Å². The summed E-state index contributed by atoms with van der Waals surface area (Å²) >= 11 is 0. The van der Waals surface area contributed by atoms with Crippen LogP contribution in [-0.4, -0.2) is 62.2 Å². The highest BCUT2D eigenvalue weighted by Crippen LogP contribution is 2.34. The zero-order valence-electron chi connectivity index (χ0n) is 18.3. The van der Waals surface area contributed by atoms with Gasteiger partial charge in [-0.15, -0.1) is 0 Å². The highest BCUT2D eigenvalue weighted by Gasteiger charge is 2.40. The maximum absolute atomic E-state index is 13.0. The summed E-state index contributed by atoms with van der Waals surface area (Å²) in [6.45, 7) is 0.126. The maximum Gasteiger partial charge on any atom is 0.387 e. The number of rotatable bonds is 7. The van der Waals surface area contributed by atoms with Crippen LogP contribution < -0.4 is 14.2 Å². The second-order valence-electron chi connectivity index (χ2n) is 8.24. The summed E-state index contributed by atoms with van der Waals surface area (Å²) < 4.78 is 40.1. The lowest BCUT2D eigenvalue weighted by molar-refractivity contribution is -0.0512. The van der Waals surface area contributed by atoms with E-state index in [1.165, 1.54) is 13.2 Å². The summed E-state index contributed by atoms with van der Waals surface area (Å²) in [6.07, 6.45) is 2.16. The molecule has 0 radical (unpaired) electrons. The van der Waals surface area contributed by atoms with Crippen molar-refractivity contribution in [3.63, 3.8) is 0 Å². The first-order chi connectivity index (χ1) is 15.5. The molecule has 8 heteroatoms. The molecule has 6 nitrogen and oxygen atoms in total. The Balaban J connectivity index is 1.45. The van der Waals surface area contributed by atoms with Crippen molar-refractivity contribution < 1.29 is 27.8 Å². The van der Waals surface area contributed by atoms with Gasteiger partial charge in [-0.3, -0.25) is 9.69 Å². The number of ether oxygens (including phenoxy) is 3. The molecule has 0 unspecified atom stereocenters. The molecule has 1 amide bonds. The fraction of sp³-hybridized carbons (Fsp3) is 0.458. The van der Waals surface area contributed by atoms with Crippen molar-refractivity contribution in [2.45, 2.75) is 32.0 Å². The van der Waals surface area contributed by atoms with Crippen molar-refractivity contribution >= 4 is 5.91 Å². The standard InChI is InChI=1S/C24H28F2N2O4/c1-30-19-8-6-17(7-9-19)23(29)28-14-18-4-3-11-27(20(18)15-28)13-16-5-10-21(32-24(25)26)22(12-16)31-2/h5-10,12,18,20,24H,3-4,11,13-15H2,1-2H3/t18-,20+/m1/s1. The predicted octanol–water partition coefficient (Wildman–Crippen LogP) is 4.04. The minimum atomic E-state index is -2.90. The lowest BCUT2D eigenvalue weighted by Gasteiger charge is -2.36. The molecule has 2 aliphatic rings. The largest absolute Gasteiger partial charge is 0.497 e. The summed E-state index contributed by atoms with van der Waals surface area (Å²) in [6, 6.07) is 12.5. The number of likely N-dealkylation sites (tertiary alicyclic amines) is 2. The molecule has 32 heavy (non-hydrogen) atoms. The highest BCUT2D eigenvalue weighted by molar-refractivity contribution is 5.94. The van der Waals surface area contributed by atoms with Gasteiger partial charge in [0.25, 0.3) is 5.91 Å². The number of amides is 1. The SMILES string of the molecule is COc1ccc(C(=O)N2C[C@H]3CCCN(Cc4ccc(OC(F)F)c(OC)c4)[C@H]3C2)cc1. The van der Waals surface area contributed by atoms with Gasteiger partial charge in [-0.1, -0.05) is 6.07 Å². The van der Waals surface area contributed by atoms with Crippen molar-refractivity contribution in [1.29, 1.82) is 0 Å². The number of nitrogens with zero attached hydrogens (tertiary/aromatic N) is 2. The minimum Gasteiger partial charge on any atom is -0.497 e. The van der Waals surface area contributed by atoms with E-state index in [1.54, 1.807) is 43.5 Å². The number of alkyl halides is 2. The van der Waals surface area contributed by atoms with Gasteiger partial charge in [-0.05, 0) is 67.3 Å². The molecule has 0 aromatic heterocycles. The predicted molar refractivity (Wildman–Crippen MR) is 115 cm³/mol. The number of hydrogen-bond donors (Lipinski definition) is 0. The van der Waals surface area contributed by atoms with Crippen molar-refractivity contribution in [2.24, 2.45) is 5.92 Å². The normalized spacial score (nSPS) is 20.8. The molecule has 0 aliphatic carbocycles. The molecule has 172 valence electrons. The quantitative estimate of drug-likeness (QED) is 0.643. The minimum absolute atomic E-state index is 0.0277. The lowest BCUT2D eigenvalue weighted by Crippen LogP contribution is -2.44. The van der Waals surface area contributed by atoms with Gasteiger partial charge in [0.1, 0.15) is 5.75 Å². The zero-order valence-corrected chi connectivity index (χ0v) is 18.3. The van der Waals surface area contributed by atoms with Crippen LogP contribution in [0.1, 0.15) is 28.8 Å². The molecule has 0 bridgehead atoms. The van der Waals surface area contributed by atoms with Crippen LogP contribution in [0.2, 0.25) is 0 Å². The number of carbonyl (C=O) groups is 1. The Bertz CT molecular complexity index is 938. The second kappa shape index (κ2) is 9.73. The van der Waals surface area contributed by atoms with Gasteiger partial charge in [0, 0.05) is 31.2 Å². The van der Waals surface area contributed by atoms with Crippen LogP contribution >= 0.6 is 0 Å². The molecule has 2 heterocycles. The van der Waals surface area contributed by atoms with Crippen LogP contribution in [-0.2, 0) is 6.54 Å². The molecule has 2 saturated heterocycles. The number of halogens is 2. The van der Waals surface area contributed by atoms with Crippen LogP contribution in [0.25, 0.3) is 0 Å². The van der Waals surface area contributed by atoms with Gasteiger partial charge in [0.05, 0.1) is 14.2 Å². The van der Waals surface area contributed by atoms with E-state index in [9.17, 15) is 13.6 Å². The van der Waals surface area contributed by atoms with Crippen LogP contribution in [0.4, 0.5) is 8.78 Å². The van der Waals surface area contributed by atoms with Gasteiger partial charge in [-0.2, -0.15) is 8.78 Å². The molecular formula is C24H28F2N2O4. The first-order valence-electron chi connectivity index (χ1n) is 10.8.